The van der Waals surface area contributed by atoms with Crippen molar-refractivity contribution >= 4 is 23.0 Å². The lowest BCUT2D eigenvalue weighted by Gasteiger charge is -2.06. The van der Waals surface area contributed by atoms with Gasteiger partial charge in [-0.15, -0.1) is 0 Å². The van der Waals surface area contributed by atoms with Crippen LogP contribution in [0, 0.1) is 0 Å². The lowest BCUT2D eigenvalue weighted by Crippen LogP contribution is -2.34. The first kappa shape index (κ1) is 9.69. The van der Waals surface area contributed by atoms with Crippen LogP contribution in [0.4, 0.5) is 5.69 Å². The van der Waals surface area contributed by atoms with Crippen LogP contribution in [-0.2, 0) is 0 Å². The van der Waals surface area contributed by atoms with Gasteiger partial charge in [0.05, 0.1) is 19.0 Å². The number of nitrogens with zero attached hydrogens (tertiary/aromatic N) is 1. The number of nitrogens with two attached hydrogens (primary N) is 1. The molecule has 5 nitrogen and oxygen atoms in total. The van der Waals surface area contributed by atoms with Crippen LogP contribution >= 0.6 is 12.2 Å². The van der Waals surface area contributed by atoms with Gasteiger partial charge in [-0.1, -0.05) is 0 Å². The molecular weight excluding hydrogens is 188 g/mol. The average molecular weight is 198 g/mol. The van der Waals surface area contributed by atoms with E-state index in [0.717, 1.165) is 5.69 Å². The molecule has 0 radical (unpaired) electrons. The number of methoxy groups -OCH3 is 1. The summed E-state index contributed by atoms with van der Waals surface area (Å²) in [4.78, 5) is 3.97. The number of hydrogen-bond donors (Lipinski definition) is 3. The fourth-order valence-electron chi connectivity index (χ4n) is 0.742. The Balaban J connectivity index is 2.64. The maximum absolute atomic E-state index is 5.08. The van der Waals surface area contributed by atoms with Crippen molar-refractivity contribution < 1.29 is 4.74 Å². The zero-order chi connectivity index (χ0) is 9.68. The summed E-state index contributed by atoms with van der Waals surface area (Å²) in [5, 5.41) is 3.16. The monoisotopic (exact) mass is 198 g/mol. The molecule has 1 rings (SSSR count). The first-order chi connectivity index (χ1) is 6.26. The molecule has 0 bridgehead atoms. The quantitative estimate of drug-likeness (QED) is 0.359. The van der Waals surface area contributed by atoms with Gasteiger partial charge >= 0.3 is 0 Å². The summed E-state index contributed by atoms with van der Waals surface area (Å²) >= 11 is 4.79. The summed E-state index contributed by atoms with van der Waals surface area (Å²) in [6.07, 6.45) is 1.60. The number of aromatic nitrogens is 1. The Morgan fingerprint density at radius 3 is 2.85 bits per heavy atom. The van der Waals surface area contributed by atoms with Gasteiger partial charge in [0.15, 0.2) is 5.11 Å². The molecule has 0 aliphatic carbocycles. The standard InChI is InChI=1S/C7H10N4OS/c1-12-6-3-2-5(4-9-6)10-7(13)11-8/h2-4H,8H2,1H3,(H2,10,11,13). The molecule has 0 spiro atoms. The first-order valence-corrected chi connectivity index (χ1v) is 3.94. The molecule has 13 heavy (non-hydrogen) atoms. The van der Waals surface area contributed by atoms with Gasteiger partial charge in [0.1, 0.15) is 0 Å². The third kappa shape index (κ3) is 2.85. The van der Waals surface area contributed by atoms with Gasteiger partial charge in [-0.2, -0.15) is 0 Å². The summed E-state index contributed by atoms with van der Waals surface area (Å²) in [6.45, 7) is 0. The van der Waals surface area contributed by atoms with Gasteiger partial charge in [0.25, 0.3) is 0 Å². The summed E-state index contributed by atoms with van der Waals surface area (Å²) in [5.74, 6) is 5.63. The highest BCUT2D eigenvalue weighted by Gasteiger charge is 1.96. The van der Waals surface area contributed by atoms with E-state index in [0.29, 0.717) is 11.0 Å². The van der Waals surface area contributed by atoms with E-state index < -0.39 is 0 Å². The molecule has 0 aromatic carbocycles. The normalized spacial score (nSPS) is 9.08. The van der Waals surface area contributed by atoms with Crippen molar-refractivity contribution in [2.75, 3.05) is 12.4 Å². The smallest absolute Gasteiger partial charge is 0.213 e. The van der Waals surface area contributed by atoms with Crippen molar-refractivity contribution in [1.29, 1.82) is 0 Å². The zero-order valence-electron chi connectivity index (χ0n) is 7.07. The number of hydrazine groups is 1. The molecule has 0 atom stereocenters. The maximum atomic E-state index is 5.08. The predicted molar refractivity (Wildman–Crippen MR) is 54.3 cm³/mol. The number of rotatable bonds is 2. The lowest BCUT2D eigenvalue weighted by molar-refractivity contribution is 0.398. The fourth-order valence-corrected chi connectivity index (χ4v) is 0.860. The van der Waals surface area contributed by atoms with E-state index in [4.69, 9.17) is 22.8 Å². The minimum absolute atomic E-state index is 0.340. The number of pyridine rings is 1. The van der Waals surface area contributed by atoms with Crippen LogP contribution in [0.1, 0.15) is 0 Å². The molecule has 70 valence electrons. The molecule has 0 aliphatic rings. The summed E-state index contributed by atoms with van der Waals surface area (Å²) in [7, 11) is 1.56. The van der Waals surface area contributed by atoms with Gasteiger partial charge in [0, 0.05) is 6.07 Å². The van der Waals surface area contributed by atoms with Crippen molar-refractivity contribution in [2.45, 2.75) is 0 Å². The molecule has 1 aromatic rings. The molecule has 0 fully saturated rings. The van der Waals surface area contributed by atoms with Gasteiger partial charge < -0.3 is 15.5 Å². The Morgan fingerprint density at radius 2 is 2.38 bits per heavy atom. The molecule has 1 aromatic heterocycles. The number of nitrogens with one attached hydrogen (secondary N) is 2. The molecule has 0 aliphatic heterocycles. The Labute approximate surface area is 81.3 Å². The van der Waals surface area contributed by atoms with E-state index >= 15 is 0 Å². The topological polar surface area (TPSA) is 72.2 Å². The van der Waals surface area contributed by atoms with Gasteiger partial charge in [0.2, 0.25) is 5.88 Å². The van der Waals surface area contributed by atoms with Gasteiger partial charge in [-0.3, -0.25) is 0 Å². The Hall–Kier alpha value is -1.40. The van der Waals surface area contributed by atoms with Crippen molar-refractivity contribution in [3.05, 3.63) is 18.3 Å². The SMILES string of the molecule is COc1ccc(NC(=S)NN)cn1. The number of hydrogen-bond acceptors (Lipinski definition) is 4. The number of ether oxygens (including phenoxy) is 1. The molecule has 4 N–H and O–H groups in total. The van der Waals surface area contributed by atoms with E-state index in [-0.39, 0.29) is 0 Å². The maximum Gasteiger partial charge on any atom is 0.213 e. The van der Waals surface area contributed by atoms with Crippen LogP contribution in [0.25, 0.3) is 0 Å². The molecular formula is C7H10N4OS. The van der Waals surface area contributed by atoms with Crippen LogP contribution in [0.2, 0.25) is 0 Å². The molecule has 0 saturated carbocycles. The highest BCUT2D eigenvalue weighted by atomic mass is 32.1. The van der Waals surface area contributed by atoms with E-state index in [1.54, 1.807) is 25.4 Å². The van der Waals surface area contributed by atoms with Crippen LogP contribution in [0.3, 0.4) is 0 Å². The second-order valence-electron chi connectivity index (χ2n) is 2.19. The molecule has 1 heterocycles. The highest BCUT2D eigenvalue weighted by Crippen LogP contribution is 2.10. The van der Waals surface area contributed by atoms with Crippen LogP contribution in [-0.4, -0.2) is 17.2 Å². The van der Waals surface area contributed by atoms with Crippen molar-refractivity contribution in [2.24, 2.45) is 5.84 Å². The summed E-state index contributed by atoms with van der Waals surface area (Å²) in [5.41, 5.74) is 3.06. The van der Waals surface area contributed by atoms with Crippen LogP contribution in [0.15, 0.2) is 18.3 Å². The van der Waals surface area contributed by atoms with Crippen LogP contribution in [0.5, 0.6) is 5.88 Å². The van der Waals surface area contributed by atoms with Crippen molar-refractivity contribution in [3.63, 3.8) is 0 Å². The molecule has 0 amide bonds. The minimum atomic E-state index is 0.340. The van der Waals surface area contributed by atoms with Crippen molar-refractivity contribution in [1.82, 2.24) is 10.4 Å². The minimum Gasteiger partial charge on any atom is -0.481 e. The largest absolute Gasteiger partial charge is 0.481 e. The lowest BCUT2D eigenvalue weighted by atomic mass is 10.4. The summed E-state index contributed by atoms with van der Waals surface area (Å²) in [6, 6.07) is 3.51. The Bertz CT molecular complexity index is 287. The van der Waals surface area contributed by atoms with Crippen LogP contribution < -0.4 is 21.3 Å². The van der Waals surface area contributed by atoms with Gasteiger partial charge in [-0.25, -0.2) is 10.8 Å². The van der Waals surface area contributed by atoms with Gasteiger partial charge in [-0.05, 0) is 18.3 Å². The Morgan fingerprint density at radius 1 is 1.62 bits per heavy atom. The third-order valence-corrected chi connectivity index (χ3v) is 1.55. The van der Waals surface area contributed by atoms with E-state index in [1.807, 2.05) is 0 Å². The Kier molecular flexibility index (Phi) is 3.41. The molecule has 0 unspecified atom stereocenters. The third-order valence-electron chi connectivity index (χ3n) is 1.33. The highest BCUT2D eigenvalue weighted by molar-refractivity contribution is 7.80. The van der Waals surface area contributed by atoms with E-state index in [2.05, 4.69) is 15.7 Å². The average Bonchev–Trinajstić information content (AvgIpc) is 2.19. The number of anilines is 1. The van der Waals surface area contributed by atoms with E-state index in [9.17, 15) is 0 Å². The second-order valence-corrected chi connectivity index (χ2v) is 2.60. The summed E-state index contributed by atoms with van der Waals surface area (Å²) < 4.78 is 4.89. The van der Waals surface area contributed by atoms with E-state index in [1.165, 1.54) is 0 Å². The fraction of sp³-hybridized carbons (Fsp3) is 0.143. The predicted octanol–water partition coefficient (Wildman–Crippen LogP) is 0.250. The molecule has 6 heteroatoms. The second kappa shape index (κ2) is 4.58. The number of thiocarbonyl (C=S) groups is 1. The molecule has 0 saturated heterocycles. The first-order valence-electron chi connectivity index (χ1n) is 3.54. The zero-order valence-corrected chi connectivity index (χ0v) is 7.89. The van der Waals surface area contributed by atoms with Crippen molar-refractivity contribution in [3.8, 4) is 5.88 Å².